The van der Waals surface area contributed by atoms with Crippen molar-refractivity contribution in [2.24, 2.45) is 0 Å². The Labute approximate surface area is 121 Å². The largest absolute Gasteiger partial charge is 0.497 e. The lowest BCUT2D eigenvalue weighted by Gasteiger charge is -2.04. The van der Waals surface area contributed by atoms with Crippen LogP contribution in [0, 0.1) is 0 Å². The van der Waals surface area contributed by atoms with E-state index < -0.39 is 0 Å². The number of hydrogen-bond donors (Lipinski definition) is 0. The summed E-state index contributed by atoms with van der Waals surface area (Å²) in [6, 6.07) is 11.0. The number of rotatable bonds is 5. The molecule has 2 aromatic heterocycles. The quantitative estimate of drug-likeness (QED) is 0.717. The van der Waals surface area contributed by atoms with Crippen molar-refractivity contribution in [1.29, 1.82) is 0 Å². The van der Waals surface area contributed by atoms with E-state index in [1.165, 1.54) is 0 Å². The molecule has 0 saturated carbocycles. The van der Waals surface area contributed by atoms with E-state index in [-0.39, 0.29) is 6.61 Å². The van der Waals surface area contributed by atoms with Gasteiger partial charge in [0.05, 0.1) is 7.11 Å². The molecule has 0 unspecified atom stereocenters. The van der Waals surface area contributed by atoms with E-state index in [0.717, 1.165) is 11.3 Å². The minimum Gasteiger partial charge on any atom is -0.497 e. The fraction of sp³-hybridized carbons (Fsp3) is 0.133. The van der Waals surface area contributed by atoms with Crippen molar-refractivity contribution in [1.82, 2.24) is 15.1 Å². The second kappa shape index (κ2) is 6.04. The topological polar surface area (TPSA) is 70.3 Å². The third kappa shape index (κ3) is 3.17. The number of hydrogen-bond acceptors (Lipinski definition) is 6. The molecule has 6 nitrogen and oxygen atoms in total. The average Bonchev–Trinajstić information content (AvgIpc) is 3.03. The molecule has 0 amide bonds. The Hall–Kier alpha value is -2.89. The lowest BCUT2D eigenvalue weighted by Crippen LogP contribution is -1.96. The third-order valence-corrected chi connectivity index (χ3v) is 2.81. The summed E-state index contributed by atoms with van der Waals surface area (Å²) in [7, 11) is 1.61. The second-order valence-electron chi connectivity index (χ2n) is 4.22. The molecule has 0 atom stereocenters. The molecule has 0 spiro atoms. The van der Waals surface area contributed by atoms with Crippen LogP contribution >= 0.6 is 0 Å². The summed E-state index contributed by atoms with van der Waals surface area (Å²) in [5, 5.41) is 3.91. The van der Waals surface area contributed by atoms with Crippen molar-refractivity contribution >= 4 is 0 Å². The first-order valence-electron chi connectivity index (χ1n) is 6.35. The molecule has 3 aromatic rings. The van der Waals surface area contributed by atoms with Gasteiger partial charge in [-0.25, -0.2) is 0 Å². The van der Waals surface area contributed by atoms with Crippen LogP contribution in [0.2, 0.25) is 0 Å². The Morgan fingerprint density at radius 3 is 2.71 bits per heavy atom. The van der Waals surface area contributed by atoms with Gasteiger partial charge in [-0.2, -0.15) is 4.98 Å². The Morgan fingerprint density at radius 1 is 1.10 bits per heavy atom. The van der Waals surface area contributed by atoms with Crippen LogP contribution in [0.4, 0.5) is 0 Å². The van der Waals surface area contributed by atoms with E-state index >= 15 is 0 Å². The minimum absolute atomic E-state index is 0.200. The molecular weight excluding hydrogens is 270 g/mol. The van der Waals surface area contributed by atoms with Crippen molar-refractivity contribution in [3.05, 3.63) is 54.7 Å². The maximum atomic E-state index is 5.60. The number of nitrogens with zero attached hydrogens (tertiary/aromatic N) is 3. The van der Waals surface area contributed by atoms with E-state index in [0.29, 0.717) is 17.5 Å². The molecule has 2 heterocycles. The molecule has 0 aliphatic rings. The maximum Gasteiger partial charge on any atom is 0.264 e. The van der Waals surface area contributed by atoms with E-state index in [4.69, 9.17) is 14.0 Å². The van der Waals surface area contributed by atoms with E-state index in [1.54, 1.807) is 25.6 Å². The van der Waals surface area contributed by atoms with Crippen molar-refractivity contribution in [2.75, 3.05) is 7.11 Å². The summed E-state index contributed by atoms with van der Waals surface area (Å²) in [5.74, 6) is 2.33. The monoisotopic (exact) mass is 283 g/mol. The van der Waals surface area contributed by atoms with Gasteiger partial charge in [0.1, 0.15) is 11.5 Å². The zero-order valence-corrected chi connectivity index (χ0v) is 11.4. The molecule has 0 radical (unpaired) electrons. The summed E-state index contributed by atoms with van der Waals surface area (Å²) in [6.07, 6.45) is 3.36. The van der Waals surface area contributed by atoms with Crippen LogP contribution in [0.3, 0.4) is 0 Å². The van der Waals surface area contributed by atoms with Gasteiger partial charge in [-0.15, -0.1) is 0 Å². The van der Waals surface area contributed by atoms with Gasteiger partial charge in [-0.05, 0) is 24.3 Å². The molecule has 21 heavy (non-hydrogen) atoms. The lowest BCUT2D eigenvalue weighted by molar-refractivity contribution is 0.242. The van der Waals surface area contributed by atoms with Gasteiger partial charge in [-0.1, -0.05) is 11.2 Å². The number of pyridine rings is 1. The SMILES string of the molecule is COc1cccc(OCc2nc(-c3ccncc3)no2)c1. The van der Waals surface area contributed by atoms with Crippen LogP contribution in [-0.2, 0) is 6.61 Å². The molecular formula is C15H13N3O3. The van der Waals surface area contributed by atoms with E-state index in [2.05, 4.69) is 15.1 Å². The first-order chi connectivity index (χ1) is 10.3. The molecule has 0 bridgehead atoms. The van der Waals surface area contributed by atoms with Crippen LogP contribution in [0.25, 0.3) is 11.4 Å². The number of methoxy groups -OCH3 is 1. The predicted molar refractivity (Wildman–Crippen MR) is 74.9 cm³/mol. The molecule has 1 aromatic carbocycles. The van der Waals surface area contributed by atoms with Gasteiger partial charge in [0, 0.05) is 24.0 Å². The number of aromatic nitrogens is 3. The first-order valence-corrected chi connectivity index (χ1v) is 6.35. The zero-order chi connectivity index (χ0) is 14.5. The van der Waals surface area contributed by atoms with Crippen molar-refractivity contribution < 1.29 is 14.0 Å². The normalized spacial score (nSPS) is 10.3. The van der Waals surface area contributed by atoms with E-state index in [9.17, 15) is 0 Å². The van der Waals surface area contributed by atoms with Crippen LogP contribution in [0.1, 0.15) is 5.89 Å². The molecule has 0 aliphatic heterocycles. The first kappa shape index (κ1) is 13.1. The smallest absolute Gasteiger partial charge is 0.264 e. The van der Waals surface area contributed by atoms with Crippen LogP contribution in [0.5, 0.6) is 11.5 Å². The molecule has 3 rings (SSSR count). The Balaban J connectivity index is 1.67. The van der Waals surface area contributed by atoms with Crippen LogP contribution in [-0.4, -0.2) is 22.2 Å². The lowest BCUT2D eigenvalue weighted by atomic mass is 10.2. The van der Waals surface area contributed by atoms with Gasteiger partial charge < -0.3 is 14.0 Å². The zero-order valence-electron chi connectivity index (χ0n) is 11.4. The average molecular weight is 283 g/mol. The molecule has 0 saturated heterocycles. The van der Waals surface area contributed by atoms with Gasteiger partial charge in [0.15, 0.2) is 6.61 Å². The summed E-state index contributed by atoms with van der Waals surface area (Å²) in [4.78, 5) is 8.22. The van der Waals surface area contributed by atoms with Gasteiger partial charge in [-0.3, -0.25) is 4.98 Å². The van der Waals surface area contributed by atoms with Gasteiger partial charge in [0.2, 0.25) is 5.82 Å². The summed E-state index contributed by atoms with van der Waals surface area (Å²) < 4.78 is 15.9. The highest BCUT2D eigenvalue weighted by atomic mass is 16.5. The fourth-order valence-electron chi connectivity index (χ4n) is 1.77. The molecule has 0 fully saturated rings. The van der Waals surface area contributed by atoms with Crippen LogP contribution in [0.15, 0.2) is 53.3 Å². The van der Waals surface area contributed by atoms with Crippen molar-refractivity contribution in [3.8, 4) is 22.9 Å². The summed E-state index contributed by atoms with van der Waals surface area (Å²) in [5.41, 5.74) is 0.849. The third-order valence-electron chi connectivity index (χ3n) is 2.81. The van der Waals surface area contributed by atoms with Crippen molar-refractivity contribution in [3.63, 3.8) is 0 Å². The summed E-state index contributed by atoms with van der Waals surface area (Å²) >= 11 is 0. The van der Waals surface area contributed by atoms with E-state index in [1.807, 2.05) is 30.3 Å². The highest BCUT2D eigenvalue weighted by Crippen LogP contribution is 2.20. The van der Waals surface area contributed by atoms with Crippen LogP contribution < -0.4 is 9.47 Å². The minimum atomic E-state index is 0.200. The molecule has 6 heteroatoms. The number of benzene rings is 1. The second-order valence-corrected chi connectivity index (χ2v) is 4.22. The number of ether oxygens (including phenoxy) is 2. The maximum absolute atomic E-state index is 5.60. The van der Waals surface area contributed by atoms with Crippen molar-refractivity contribution in [2.45, 2.75) is 6.61 Å². The molecule has 0 aliphatic carbocycles. The predicted octanol–water partition coefficient (Wildman–Crippen LogP) is 2.72. The Kier molecular flexibility index (Phi) is 3.77. The van der Waals surface area contributed by atoms with Gasteiger partial charge >= 0.3 is 0 Å². The summed E-state index contributed by atoms with van der Waals surface area (Å²) in [6.45, 7) is 0.200. The highest BCUT2D eigenvalue weighted by Gasteiger charge is 2.09. The standard InChI is InChI=1S/C15H13N3O3/c1-19-12-3-2-4-13(9-12)20-10-14-17-15(18-21-14)11-5-7-16-8-6-11/h2-9H,10H2,1H3. The Morgan fingerprint density at radius 2 is 1.90 bits per heavy atom. The fourth-order valence-corrected chi connectivity index (χ4v) is 1.77. The Bertz CT molecular complexity index is 713. The highest BCUT2D eigenvalue weighted by molar-refractivity contribution is 5.52. The molecule has 106 valence electrons. The molecule has 0 N–H and O–H groups in total. The van der Waals surface area contributed by atoms with Gasteiger partial charge in [0.25, 0.3) is 5.89 Å².